The SMILES string of the molecule is CCOC(=O)Cc1cc(C#N)cc([N+](=O)[O-])c1C=O. The summed E-state index contributed by atoms with van der Waals surface area (Å²) in [7, 11) is 0. The molecule has 7 heteroatoms. The van der Waals surface area contributed by atoms with Gasteiger partial charge in [-0.15, -0.1) is 0 Å². The first-order chi connectivity index (χ1) is 9.03. The number of carbonyl (C=O) groups is 2. The second-order valence-electron chi connectivity index (χ2n) is 3.54. The van der Waals surface area contributed by atoms with Crippen molar-refractivity contribution in [1.29, 1.82) is 5.26 Å². The van der Waals surface area contributed by atoms with Gasteiger partial charge in [0.15, 0.2) is 6.29 Å². The molecule has 1 rings (SSSR count). The lowest BCUT2D eigenvalue weighted by atomic mass is 10.0. The first kappa shape index (κ1) is 14.3. The third kappa shape index (κ3) is 3.35. The number of nitro groups is 1. The van der Waals surface area contributed by atoms with E-state index in [0.717, 1.165) is 6.07 Å². The minimum absolute atomic E-state index is 0.0107. The molecule has 0 aliphatic rings. The second-order valence-corrected chi connectivity index (χ2v) is 3.54. The zero-order valence-electron chi connectivity index (χ0n) is 10.1. The third-order valence-electron chi connectivity index (χ3n) is 2.33. The molecular weight excluding hydrogens is 252 g/mol. The molecule has 98 valence electrons. The van der Waals surface area contributed by atoms with Crippen molar-refractivity contribution in [2.45, 2.75) is 13.3 Å². The Morgan fingerprint density at radius 1 is 1.58 bits per heavy atom. The maximum Gasteiger partial charge on any atom is 0.310 e. The molecule has 1 aromatic carbocycles. The van der Waals surface area contributed by atoms with Crippen LogP contribution >= 0.6 is 0 Å². The Labute approximate surface area is 108 Å². The van der Waals surface area contributed by atoms with Gasteiger partial charge in [-0.1, -0.05) is 0 Å². The second kappa shape index (κ2) is 6.26. The summed E-state index contributed by atoms with van der Waals surface area (Å²) >= 11 is 0. The molecule has 0 atom stereocenters. The van der Waals surface area contributed by atoms with E-state index in [2.05, 4.69) is 0 Å². The number of ether oxygens (including phenoxy) is 1. The highest BCUT2D eigenvalue weighted by Gasteiger charge is 2.21. The van der Waals surface area contributed by atoms with Gasteiger partial charge in [0.2, 0.25) is 0 Å². The van der Waals surface area contributed by atoms with Crippen molar-refractivity contribution in [3.8, 4) is 6.07 Å². The minimum atomic E-state index is -0.765. The summed E-state index contributed by atoms with van der Waals surface area (Å²) in [6.45, 7) is 1.78. The number of nitriles is 1. The van der Waals surface area contributed by atoms with Crippen LogP contribution < -0.4 is 0 Å². The average molecular weight is 262 g/mol. The minimum Gasteiger partial charge on any atom is -0.466 e. The highest BCUT2D eigenvalue weighted by Crippen LogP contribution is 2.23. The van der Waals surface area contributed by atoms with Crippen molar-refractivity contribution in [3.05, 3.63) is 38.9 Å². The van der Waals surface area contributed by atoms with Crippen molar-refractivity contribution >= 4 is 17.9 Å². The highest BCUT2D eigenvalue weighted by atomic mass is 16.6. The van der Waals surface area contributed by atoms with Gasteiger partial charge in [0.1, 0.15) is 0 Å². The quantitative estimate of drug-likeness (QED) is 0.343. The molecule has 0 fully saturated rings. The van der Waals surface area contributed by atoms with E-state index in [4.69, 9.17) is 10.00 Å². The lowest BCUT2D eigenvalue weighted by molar-refractivity contribution is -0.385. The van der Waals surface area contributed by atoms with Crippen LogP contribution in [0.2, 0.25) is 0 Å². The molecule has 0 spiro atoms. The summed E-state index contributed by atoms with van der Waals surface area (Å²) in [6, 6.07) is 4.02. The van der Waals surface area contributed by atoms with Crippen LogP contribution in [0.15, 0.2) is 12.1 Å². The first-order valence-corrected chi connectivity index (χ1v) is 5.35. The maximum atomic E-state index is 11.4. The van der Waals surface area contributed by atoms with E-state index in [1.165, 1.54) is 6.07 Å². The van der Waals surface area contributed by atoms with Gasteiger partial charge in [-0.2, -0.15) is 5.26 Å². The summed E-state index contributed by atoms with van der Waals surface area (Å²) in [6.07, 6.45) is 0.00607. The number of hydrogen-bond donors (Lipinski definition) is 0. The maximum absolute atomic E-state index is 11.4. The van der Waals surface area contributed by atoms with Crippen LogP contribution in [0.1, 0.15) is 28.4 Å². The Kier molecular flexibility index (Phi) is 4.71. The molecule has 0 saturated carbocycles. The number of carbonyl (C=O) groups excluding carboxylic acids is 2. The molecule has 0 saturated heterocycles. The van der Waals surface area contributed by atoms with Gasteiger partial charge in [-0.3, -0.25) is 19.7 Å². The molecule has 0 aliphatic heterocycles. The molecule has 1 aromatic rings. The number of rotatable bonds is 5. The molecule has 0 aromatic heterocycles. The van der Waals surface area contributed by atoms with E-state index >= 15 is 0 Å². The molecule has 0 N–H and O–H groups in total. The molecular formula is C12H10N2O5. The van der Waals surface area contributed by atoms with Crippen molar-refractivity contribution < 1.29 is 19.2 Å². The standard InChI is InChI=1S/C12H10N2O5/c1-2-19-12(16)5-9-3-8(6-13)4-11(14(17)18)10(9)7-15/h3-4,7H,2,5H2,1H3. The molecule has 0 radical (unpaired) electrons. The van der Waals surface area contributed by atoms with Crippen LogP contribution in [0.3, 0.4) is 0 Å². The van der Waals surface area contributed by atoms with Gasteiger partial charge in [0, 0.05) is 6.07 Å². The lowest BCUT2D eigenvalue weighted by Gasteiger charge is -2.06. The summed E-state index contributed by atoms with van der Waals surface area (Å²) in [5.74, 6) is -0.616. The summed E-state index contributed by atoms with van der Waals surface area (Å²) in [4.78, 5) is 32.4. The Balaban J connectivity index is 3.32. The average Bonchev–Trinajstić information content (AvgIpc) is 2.37. The lowest BCUT2D eigenvalue weighted by Crippen LogP contribution is -2.10. The smallest absolute Gasteiger partial charge is 0.310 e. The Morgan fingerprint density at radius 3 is 2.74 bits per heavy atom. The fourth-order valence-corrected chi connectivity index (χ4v) is 1.56. The van der Waals surface area contributed by atoms with E-state index in [9.17, 15) is 19.7 Å². The number of benzene rings is 1. The predicted octanol–water partition coefficient (Wildman–Crippen LogP) is 1.38. The zero-order valence-corrected chi connectivity index (χ0v) is 10.1. The molecule has 0 aliphatic carbocycles. The Hall–Kier alpha value is -2.75. The van der Waals surface area contributed by atoms with Gasteiger partial charge in [0.25, 0.3) is 5.69 Å². The molecule has 0 unspecified atom stereocenters. The number of hydrogen-bond acceptors (Lipinski definition) is 6. The normalized spacial score (nSPS) is 9.47. The van der Waals surface area contributed by atoms with Crippen molar-refractivity contribution in [3.63, 3.8) is 0 Å². The van der Waals surface area contributed by atoms with E-state index in [1.807, 2.05) is 0 Å². The van der Waals surface area contributed by atoms with Crippen molar-refractivity contribution in [2.75, 3.05) is 6.61 Å². The number of nitrogens with zero attached hydrogens (tertiary/aromatic N) is 2. The van der Waals surface area contributed by atoms with Crippen LogP contribution in [0.25, 0.3) is 0 Å². The summed E-state index contributed by atoms with van der Waals surface area (Å²) < 4.78 is 4.71. The fourth-order valence-electron chi connectivity index (χ4n) is 1.56. The van der Waals surface area contributed by atoms with Gasteiger partial charge in [-0.05, 0) is 18.6 Å². The highest BCUT2D eigenvalue weighted by molar-refractivity contribution is 5.87. The van der Waals surface area contributed by atoms with E-state index in [0.29, 0.717) is 6.29 Å². The van der Waals surface area contributed by atoms with Crippen LogP contribution in [0, 0.1) is 21.4 Å². The summed E-state index contributed by atoms with van der Waals surface area (Å²) in [5.41, 5.74) is -0.582. The third-order valence-corrected chi connectivity index (χ3v) is 2.33. The van der Waals surface area contributed by atoms with Gasteiger partial charge in [-0.25, -0.2) is 0 Å². The van der Waals surface area contributed by atoms with E-state index < -0.39 is 16.6 Å². The first-order valence-electron chi connectivity index (χ1n) is 5.35. The molecule has 19 heavy (non-hydrogen) atoms. The monoisotopic (exact) mass is 262 g/mol. The Morgan fingerprint density at radius 2 is 2.26 bits per heavy atom. The van der Waals surface area contributed by atoms with Gasteiger partial charge < -0.3 is 4.74 Å². The van der Waals surface area contributed by atoms with E-state index in [1.54, 1.807) is 13.0 Å². The predicted molar refractivity (Wildman–Crippen MR) is 63.5 cm³/mol. The van der Waals surface area contributed by atoms with Crippen LogP contribution in [-0.4, -0.2) is 23.8 Å². The van der Waals surface area contributed by atoms with Crippen LogP contribution in [0.4, 0.5) is 5.69 Å². The van der Waals surface area contributed by atoms with E-state index in [-0.39, 0.29) is 29.7 Å². The largest absolute Gasteiger partial charge is 0.466 e. The van der Waals surface area contributed by atoms with Crippen LogP contribution in [0.5, 0.6) is 0 Å². The number of esters is 1. The molecule has 0 amide bonds. The fraction of sp³-hybridized carbons (Fsp3) is 0.250. The molecule has 0 bridgehead atoms. The van der Waals surface area contributed by atoms with Crippen molar-refractivity contribution in [1.82, 2.24) is 0 Å². The molecule has 7 nitrogen and oxygen atoms in total. The number of aldehydes is 1. The molecule has 0 heterocycles. The number of nitro benzene ring substituents is 1. The topological polar surface area (TPSA) is 110 Å². The zero-order chi connectivity index (χ0) is 14.4. The van der Waals surface area contributed by atoms with Crippen LogP contribution in [-0.2, 0) is 16.0 Å². The Bertz CT molecular complexity index is 574. The van der Waals surface area contributed by atoms with Gasteiger partial charge in [0.05, 0.1) is 35.1 Å². The van der Waals surface area contributed by atoms with Gasteiger partial charge >= 0.3 is 5.97 Å². The summed E-state index contributed by atoms with van der Waals surface area (Å²) in [5, 5.41) is 19.6. The van der Waals surface area contributed by atoms with Crippen molar-refractivity contribution in [2.24, 2.45) is 0 Å².